The third-order valence-corrected chi connectivity index (χ3v) is 2.19. The summed E-state index contributed by atoms with van der Waals surface area (Å²) in [6.07, 6.45) is 9.22. The molecule has 0 bridgehead atoms. The van der Waals surface area contributed by atoms with Gasteiger partial charge in [-0.3, -0.25) is 4.68 Å². The van der Waals surface area contributed by atoms with Gasteiger partial charge in [0.25, 0.3) is 0 Å². The topological polar surface area (TPSA) is 22.8 Å². The lowest BCUT2D eigenvalue weighted by atomic mass is 10.4. The van der Waals surface area contributed by atoms with Crippen molar-refractivity contribution in [2.75, 3.05) is 0 Å². The van der Waals surface area contributed by atoms with E-state index in [0.717, 1.165) is 13.0 Å². The van der Waals surface area contributed by atoms with E-state index in [1.807, 2.05) is 56.4 Å². The van der Waals surface area contributed by atoms with Gasteiger partial charge >= 0.3 is 0 Å². The molecule has 20 heavy (non-hydrogen) atoms. The van der Waals surface area contributed by atoms with Gasteiger partial charge < -0.3 is 4.57 Å². The van der Waals surface area contributed by atoms with Gasteiger partial charge in [-0.15, -0.1) is 0 Å². The Morgan fingerprint density at radius 1 is 1.00 bits per heavy atom. The molecule has 0 saturated carbocycles. The summed E-state index contributed by atoms with van der Waals surface area (Å²) in [5.41, 5.74) is 2.56. The van der Waals surface area contributed by atoms with Crippen molar-refractivity contribution in [2.45, 2.75) is 61.4 Å². The fourth-order valence-electron chi connectivity index (χ4n) is 1.46. The smallest absolute Gasteiger partial charge is 0.0518 e. The molecule has 3 heteroatoms. The minimum Gasteiger partial charge on any atom is -0.357 e. The molecule has 0 N–H and O–H groups in total. The van der Waals surface area contributed by atoms with Gasteiger partial charge in [-0.2, -0.15) is 5.10 Å². The number of aromatic nitrogens is 3. The monoisotopic (exact) mass is 279 g/mol. The third kappa shape index (κ3) is 10.4. The Hall–Kier alpha value is -1.51. The van der Waals surface area contributed by atoms with Gasteiger partial charge in [0.05, 0.1) is 6.20 Å². The molecular weight excluding hydrogens is 246 g/mol. The first-order chi connectivity index (χ1) is 9.61. The van der Waals surface area contributed by atoms with E-state index in [1.165, 1.54) is 11.1 Å². The van der Waals surface area contributed by atoms with Crippen LogP contribution >= 0.6 is 0 Å². The van der Waals surface area contributed by atoms with Crippen LogP contribution in [0.25, 0.3) is 0 Å². The molecule has 0 amide bonds. The predicted molar refractivity (Wildman–Crippen MR) is 90.1 cm³/mol. The normalized spacial score (nSPS) is 8.40. The molecule has 2 aromatic rings. The Morgan fingerprint density at radius 3 is 1.85 bits per heavy atom. The lowest BCUT2D eigenvalue weighted by molar-refractivity contribution is 0.602. The molecule has 2 rings (SSSR count). The van der Waals surface area contributed by atoms with Crippen LogP contribution < -0.4 is 0 Å². The molecule has 2 heterocycles. The second-order valence-corrected chi connectivity index (χ2v) is 4.14. The minimum absolute atomic E-state index is 1.04. The largest absolute Gasteiger partial charge is 0.357 e. The summed E-state index contributed by atoms with van der Waals surface area (Å²) in [6, 6.07) is 2.08. The van der Waals surface area contributed by atoms with E-state index in [4.69, 9.17) is 0 Å². The van der Waals surface area contributed by atoms with Gasteiger partial charge in [0, 0.05) is 32.2 Å². The summed E-state index contributed by atoms with van der Waals surface area (Å²) in [5.74, 6) is 0. The summed E-state index contributed by atoms with van der Waals surface area (Å²) in [5, 5.41) is 4.12. The van der Waals surface area contributed by atoms with Crippen molar-refractivity contribution >= 4 is 0 Å². The zero-order valence-corrected chi connectivity index (χ0v) is 14.6. The Kier molecular flexibility index (Phi) is 14.5. The average molecular weight is 279 g/mol. The molecule has 3 nitrogen and oxygen atoms in total. The minimum atomic E-state index is 1.04. The first-order valence-electron chi connectivity index (χ1n) is 7.69. The maximum absolute atomic E-state index is 4.12. The molecule has 0 fully saturated rings. The zero-order chi connectivity index (χ0) is 16.0. The van der Waals surface area contributed by atoms with Crippen molar-refractivity contribution in [1.29, 1.82) is 0 Å². The van der Waals surface area contributed by atoms with Gasteiger partial charge in [-0.05, 0) is 37.5 Å². The summed E-state index contributed by atoms with van der Waals surface area (Å²) in [6.45, 7) is 15.3. The van der Waals surface area contributed by atoms with Crippen LogP contribution in [0.1, 0.15) is 52.2 Å². The Morgan fingerprint density at radius 2 is 1.60 bits per heavy atom. The second kappa shape index (κ2) is 13.9. The van der Waals surface area contributed by atoms with E-state index in [2.05, 4.69) is 44.3 Å². The molecule has 0 spiro atoms. The number of rotatable bonds is 2. The maximum Gasteiger partial charge on any atom is 0.0518 e. The van der Waals surface area contributed by atoms with Gasteiger partial charge in [-0.25, -0.2) is 0 Å². The van der Waals surface area contributed by atoms with Crippen LogP contribution in [0.2, 0.25) is 0 Å². The third-order valence-electron chi connectivity index (χ3n) is 2.19. The summed E-state index contributed by atoms with van der Waals surface area (Å²) >= 11 is 0. The summed E-state index contributed by atoms with van der Waals surface area (Å²) in [7, 11) is 2.02. The second-order valence-electron chi connectivity index (χ2n) is 4.14. The van der Waals surface area contributed by atoms with E-state index >= 15 is 0 Å². The first kappa shape index (κ1) is 20.8. The molecule has 2 aromatic heterocycles. The quantitative estimate of drug-likeness (QED) is 0.759. The van der Waals surface area contributed by atoms with E-state index < -0.39 is 0 Å². The highest BCUT2D eigenvalue weighted by Gasteiger charge is 1.88. The molecule has 0 unspecified atom stereocenters. The Bertz CT molecular complexity index is 397. The maximum atomic E-state index is 4.12. The van der Waals surface area contributed by atoms with Crippen molar-refractivity contribution in [1.82, 2.24) is 14.3 Å². The van der Waals surface area contributed by atoms with Crippen molar-refractivity contribution < 1.29 is 0 Å². The predicted octanol–water partition coefficient (Wildman–Crippen LogP) is 4.99. The highest BCUT2D eigenvalue weighted by atomic mass is 15.3. The van der Waals surface area contributed by atoms with Crippen LogP contribution in [0.5, 0.6) is 0 Å². The van der Waals surface area contributed by atoms with Crippen LogP contribution in [-0.2, 0) is 13.6 Å². The number of nitrogens with zero attached hydrogens (tertiary/aromatic N) is 3. The highest BCUT2D eigenvalue weighted by molar-refractivity contribution is 5.06. The fourth-order valence-corrected chi connectivity index (χ4v) is 1.46. The molecule has 0 aliphatic rings. The van der Waals surface area contributed by atoms with Crippen molar-refractivity contribution in [3.63, 3.8) is 0 Å². The van der Waals surface area contributed by atoms with E-state index in [0.29, 0.717) is 0 Å². The van der Waals surface area contributed by atoms with Gasteiger partial charge in [-0.1, -0.05) is 34.6 Å². The SMILES string of the molecule is CC.CC.CCCn1cc(C)cn1.Cc1ccn(C)c1. The molecule has 0 aliphatic heterocycles. The summed E-state index contributed by atoms with van der Waals surface area (Å²) < 4.78 is 4.00. The molecule has 0 atom stereocenters. The van der Waals surface area contributed by atoms with Crippen molar-refractivity contribution in [3.8, 4) is 0 Å². The van der Waals surface area contributed by atoms with Gasteiger partial charge in [0.2, 0.25) is 0 Å². The van der Waals surface area contributed by atoms with Crippen molar-refractivity contribution in [2.24, 2.45) is 7.05 Å². The molecule has 116 valence electrons. The van der Waals surface area contributed by atoms with Gasteiger partial charge in [0.1, 0.15) is 0 Å². The summed E-state index contributed by atoms with van der Waals surface area (Å²) in [4.78, 5) is 0. The number of hydrogen-bond donors (Lipinski definition) is 0. The standard InChI is InChI=1S/C7H12N2.C6H9N.2C2H6/c1-3-4-9-6-7(2)5-8-9;1-6-3-4-7(2)5-6;2*1-2/h5-6H,3-4H2,1-2H3;3-5H,1-2H3;2*1-2H3. The first-order valence-corrected chi connectivity index (χ1v) is 7.69. The lowest BCUT2D eigenvalue weighted by Crippen LogP contribution is -1.95. The van der Waals surface area contributed by atoms with E-state index in [9.17, 15) is 0 Å². The molecule has 0 aliphatic carbocycles. The lowest BCUT2D eigenvalue weighted by Gasteiger charge is -1.93. The Labute approximate surface area is 125 Å². The van der Waals surface area contributed by atoms with E-state index in [-0.39, 0.29) is 0 Å². The van der Waals surface area contributed by atoms with E-state index in [1.54, 1.807) is 0 Å². The Balaban J connectivity index is 0. The van der Waals surface area contributed by atoms with Crippen LogP contribution in [-0.4, -0.2) is 14.3 Å². The molecule has 0 aromatic carbocycles. The van der Waals surface area contributed by atoms with Crippen LogP contribution in [0.15, 0.2) is 30.9 Å². The van der Waals surface area contributed by atoms with Crippen LogP contribution in [0.4, 0.5) is 0 Å². The van der Waals surface area contributed by atoms with Crippen LogP contribution in [0, 0.1) is 13.8 Å². The number of aryl methyl sites for hydroxylation is 4. The van der Waals surface area contributed by atoms with Crippen LogP contribution in [0.3, 0.4) is 0 Å². The zero-order valence-electron chi connectivity index (χ0n) is 14.6. The highest BCUT2D eigenvalue weighted by Crippen LogP contribution is 1.94. The molecule has 0 saturated heterocycles. The average Bonchev–Trinajstić information content (AvgIpc) is 3.04. The fraction of sp³-hybridized carbons (Fsp3) is 0.588. The molecular formula is C17H33N3. The number of hydrogen-bond acceptors (Lipinski definition) is 1. The van der Waals surface area contributed by atoms with Crippen molar-refractivity contribution in [3.05, 3.63) is 42.0 Å². The molecule has 0 radical (unpaired) electrons. The van der Waals surface area contributed by atoms with Gasteiger partial charge in [0.15, 0.2) is 0 Å².